The molecule has 0 bridgehead atoms. The minimum absolute atomic E-state index is 0.549. The van der Waals surface area contributed by atoms with Crippen LogP contribution >= 0.6 is 0 Å². The van der Waals surface area contributed by atoms with Gasteiger partial charge in [-0.1, -0.05) is 0 Å². The SMILES string of the molecule is CC([SiH3])OC(C)[SiH3]. The molecule has 0 saturated carbocycles. The average Bonchev–Trinajstić information content (AvgIpc) is 1.27. The molecule has 0 aliphatic carbocycles. The number of hydrogen-bond donors (Lipinski definition) is 0. The highest BCUT2D eigenvalue weighted by Gasteiger charge is 1.94. The molecule has 2 atom stereocenters. The first-order valence-electron chi connectivity index (χ1n) is 2.78. The molecule has 0 aromatic rings. The molecule has 0 aromatic carbocycles. The van der Waals surface area contributed by atoms with Crippen molar-refractivity contribution in [2.75, 3.05) is 0 Å². The lowest BCUT2D eigenvalue weighted by atomic mass is 10.8. The Balaban J connectivity index is 2.95. The van der Waals surface area contributed by atoms with E-state index in [9.17, 15) is 0 Å². The van der Waals surface area contributed by atoms with Crippen LogP contribution in [0.3, 0.4) is 0 Å². The molecule has 0 heterocycles. The van der Waals surface area contributed by atoms with E-state index < -0.39 is 0 Å². The fourth-order valence-electron chi connectivity index (χ4n) is 0.544. The summed E-state index contributed by atoms with van der Waals surface area (Å²) in [4.78, 5) is 0. The minimum atomic E-state index is 0.549. The number of hydrogen-bond acceptors (Lipinski definition) is 1. The predicted molar refractivity (Wildman–Crippen MR) is 39.9 cm³/mol. The van der Waals surface area contributed by atoms with Gasteiger partial charge in [0.05, 0.1) is 0 Å². The van der Waals surface area contributed by atoms with Crippen LogP contribution in [0.4, 0.5) is 0 Å². The standard InChI is InChI=1S/C4H14OSi2/c1-3(6)5-4(2)7/h3-4H,1-2,6-7H3. The molecule has 0 fully saturated rings. The van der Waals surface area contributed by atoms with Crippen molar-refractivity contribution in [1.82, 2.24) is 0 Å². The van der Waals surface area contributed by atoms with Crippen LogP contribution in [-0.4, -0.2) is 31.9 Å². The Bertz CT molecular complexity index is 39.0. The van der Waals surface area contributed by atoms with E-state index in [1.54, 1.807) is 0 Å². The van der Waals surface area contributed by atoms with Crippen LogP contribution in [0.1, 0.15) is 13.8 Å². The van der Waals surface area contributed by atoms with Crippen molar-refractivity contribution >= 4 is 20.5 Å². The van der Waals surface area contributed by atoms with Gasteiger partial charge in [-0.15, -0.1) is 0 Å². The van der Waals surface area contributed by atoms with E-state index in [2.05, 4.69) is 13.8 Å². The van der Waals surface area contributed by atoms with Crippen molar-refractivity contribution in [3.05, 3.63) is 0 Å². The van der Waals surface area contributed by atoms with Crippen LogP contribution < -0.4 is 0 Å². The fraction of sp³-hybridized carbons (Fsp3) is 1.00. The Labute approximate surface area is 51.3 Å². The van der Waals surface area contributed by atoms with E-state index in [0.717, 1.165) is 0 Å². The highest BCUT2D eigenvalue weighted by molar-refractivity contribution is 6.12. The van der Waals surface area contributed by atoms with Crippen molar-refractivity contribution in [3.63, 3.8) is 0 Å². The summed E-state index contributed by atoms with van der Waals surface area (Å²) in [5.41, 5.74) is 1.10. The molecule has 0 amide bonds. The van der Waals surface area contributed by atoms with Crippen molar-refractivity contribution in [1.29, 1.82) is 0 Å². The van der Waals surface area contributed by atoms with Gasteiger partial charge in [-0.25, -0.2) is 0 Å². The number of rotatable bonds is 2. The molecular formula is C4H14OSi2. The zero-order valence-corrected chi connectivity index (χ0v) is 9.56. The molecule has 0 saturated heterocycles. The molecule has 0 aliphatic heterocycles. The predicted octanol–water partition coefficient (Wildman–Crippen LogP) is -1.57. The lowest BCUT2D eigenvalue weighted by Gasteiger charge is -2.09. The molecule has 0 aromatic heterocycles. The maximum absolute atomic E-state index is 5.37. The largest absolute Gasteiger partial charge is 0.384 e. The van der Waals surface area contributed by atoms with Gasteiger partial charge in [-0.3, -0.25) is 0 Å². The number of ether oxygens (including phenoxy) is 1. The quantitative estimate of drug-likeness (QED) is 0.415. The van der Waals surface area contributed by atoms with E-state index in [1.165, 1.54) is 20.5 Å². The third kappa shape index (κ3) is 6.39. The summed E-state index contributed by atoms with van der Waals surface area (Å²) in [7, 11) is 2.33. The van der Waals surface area contributed by atoms with E-state index in [0.29, 0.717) is 11.5 Å². The second-order valence-electron chi connectivity index (χ2n) is 2.23. The van der Waals surface area contributed by atoms with Crippen molar-refractivity contribution in [2.45, 2.75) is 25.3 Å². The smallest absolute Gasteiger partial charge is 0.0388 e. The summed E-state index contributed by atoms with van der Waals surface area (Å²) in [5.74, 6) is 0. The summed E-state index contributed by atoms with van der Waals surface area (Å²) in [5, 5.41) is 0. The Kier molecular flexibility index (Phi) is 3.59. The van der Waals surface area contributed by atoms with Gasteiger partial charge in [0, 0.05) is 31.9 Å². The van der Waals surface area contributed by atoms with Crippen LogP contribution in [0.25, 0.3) is 0 Å². The third-order valence-electron chi connectivity index (χ3n) is 0.544. The molecule has 3 heteroatoms. The highest BCUT2D eigenvalue weighted by Crippen LogP contribution is 1.86. The normalized spacial score (nSPS) is 19.7. The Morgan fingerprint density at radius 3 is 1.43 bits per heavy atom. The second-order valence-corrected chi connectivity index (χ2v) is 5.49. The second kappa shape index (κ2) is 3.40. The molecule has 0 radical (unpaired) electrons. The molecule has 0 spiro atoms. The summed E-state index contributed by atoms with van der Waals surface area (Å²) >= 11 is 0. The first-order chi connectivity index (χ1) is 3.13. The van der Waals surface area contributed by atoms with Crippen LogP contribution in [-0.2, 0) is 4.74 Å². The van der Waals surface area contributed by atoms with Crippen LogP contribution in [0.5, 0.6) is 0 Å². The maximum Gasteiger partial charge on any atom is 0.0388 e. The van der Waals surface area contributed by atoms with Crippen molar-refractivity contribution in [3.8, 4) is 0 Å². The van der Waals surface area contributed by atoms with Gasteiger partial charge in [-0.05, 0) is 13.8 Å². The minimum Gasteiger partial charge on any atom is -0.384 e. The van der Waals surface area contributed by atoms with Crippen molar-refractivity contribution < 1.29 is 4.74 Å². The zero-order chi connectivity index (χ0) is 5.86. The Hall–Kier alpha value is 0.394. The fourth-order valence-corrected chi connectivity index (χ4v) is 2.18. The molecule has 0 aliphatic rings. The van der Waals surface area contributed by atoms with Crippen LogP contribution in [0.2, 0.25) is 0 Å². The van der Waals surface area contributed by atoms with Gasteiger partial charge < -0.3 is 4.74 Å². The monoisotopic (exact) mass is 134 g/mol. The summed E-state index contributed by atoms with van der Waals surface area (Å²) < 4.78 is 5.37. The first-order valence-corrected chi connectivity index (χ1v) is 5.09. The Morgan fingerprint density at radius 2 is 1.43 bits per heavy atom. The third-order valence-corrected chi connectivity index (χ3v) is 1.09. The van der Waals surface area contributed by atoms with E-state index in [1.807, 2.05) is 0 Å². The van der Waals surface area contributed by atoms with Crippen molar-refractivity contribution in [2.24, 2.45) is 0 Å². The molecule has 7 heavy (non-hydrogen) atoms. The summed E-state index contributed by atoms with van der Waals surface area (Å²) in [6.07, 6.45) is 0. The first kappa shape index (κ1) is 7.39. The van der Waals surface area contributed by atoms with E-state index >= 15 is 0 Å². The van der Waals surface area contributed by atoms with E-state index in [4.69, 9.17) is 4.74 Å². The van der Waals surface area contributed by atoms with Crippen LogP contribution in [0, 0.1) is 0 Å². The molecule has 2 unspecified atom stereocenters. The summed E-state index contributed by atoms with van der Waals surface area (Å²) in [6, 6.07) is 0. The Morgan fingerprint density at radius 1 is 1.14 bits per heavy atom. The van der Waals surface area contributed by atoms with E-state index in [-0.39, 0.29) is 0 Å². The van der Waals surface area contributed by atoms with Gasteiger partial charge >= 0.3 is 0 Å². The zero-order valence-electron chi connectivity index (χ0n) is 5.56. The van der Waals surface area contributed by atoms with Gasteiger partial charge in [0.1, 0.15) is 0 Å². The van der Waals surface area contributed by atoms with Gasteiger partial charge in [0.15, 0.2) is 0 Å². The topological polar surface area (TPSA) is 9.23 Å². The maximum atomic E-state index is 5.37. The van der Waals surface area contributed by atoms with Crippen LogP contribution in [0.15, 0.2) is 0 Å². The highest BCUT2D eigenvalue weighted by atomic mass is 28.2. The lowest BCUT2D eigenvalue weighted by molar-refractivity contribution is 0.103. The molecule has 44 valence electrons. The lowest BCUT2D eigenvalue weighted by Crippen LogP contribution is -2.16. The van der Waals surface area contributed by atoms with Gasteiger partial charge in [0.25, 0.3) is 0 Å². The summed E-state index contributed by atoms with van der Waals surface area (Å²) in [6.45, 7) is 4.25. The van der Waals surface area contributed by atoms with Gasteiger partial charge in [-0.2, -0.15) is 0 Å². The molecular weight excluding hydrogens is 120 g/mol. The molecule has 1 nitrogen and oxygen atoms in total. The molecule has 0 rings (SSSR count). The molecule has 0 N–H and O–H groups in total. The average molecular weight is 134 g/mol. The van der Waals surface area contributed by atoms with Gasteiger partial charge in [0.2, 0.25) is 0 Å².